The Labute approximate surface area is 217 Å². The lowest BCUT2D eigenvalue weighted by molar-refractivity contribution is 0.0931. The first-order valence-electron chi connectivity index (χ1n) is 12.4. The Morgan fingerprint density at radius 3 is 2.68 bits per heavy atom. The van der Waals surface area contributed by atoms with Gasteiger partial charge in [-0.3, -0.25) is 14.7 Å². The molecular weight excluding hydrogens is 482 g/mol. The van der Waals surface area contributed by atoms with Crippen molar-refractivity contribution in [2.24, 2.45) is 0 Å². The molecule has 6 rings (SSSR count). The molecule has 10 heteroatoms. The van der Waals surface area contributed by atoms with E-state index in [2.05, 4.69) is 41.8 Å². The second kappa shape index (κ2) is 9.55. The fourth-order valence-electron chi connectivity index (χ4n) is 4.81. The third-order valence-corrected chi connectivity index (χ3v) is 6.67. The summed E-state index contributed by atoms with van der Waals surface area (Å²) in [6, 6.07) is 15.1. The van der Waals surface area contributed by atoms with Crippen LogP contribution in [0.4, 0.5) is 0 Å². The number of benzene rings is 2. The van der Waals surface area contributed by atoms with Crippen LogP contribution in [0.3, 0.4) is 0 Å². The van der Waals surface area contributed by atoms with Crippen LogP contribution in [-0.2, 0) is 13.0 Å². The van der Waals surface area contributed by atoms with Gasteiger partial charge in [0, 0.05) is 23.6 Å². The molecule has 0 unspecified atom stereocenters. The Morgan fingerprint density at radius 2 is 1.87 bits per heavy atom. The van der Waals surface area contributed by atoms with Crippen molar-refractivity contribution in [1.29, 1.82) is 0 Å². The van der Waals surface area contributed by atoms with Crippen molar-refractivity contribution in [3.63, 3.8) is 0 Å². The summed E-state index contributed by atoms with van der Waals surface area (Å²) in [7, 11) is 0. The molecule has 0 aliphatic heterocycles. The summed E-state index contributed by atoms with van der Waals surface area (Å²) in [5.74, 6) is 1.50. The average Bonchev–Trinajstić information content (AvgIpc) is 3.64. The van der Waals surface area contributed by atoms with Crippen molar-refractivity contribution in [1.82, 2.24) is 35.8 Å². The first-order chi connectivity index (χ1) is 18.4. The third kappa shape index (κ3) is 4.63. The molecule has 2 aromatic carbocycles. The van der Waals surface area contributed by atoms with Gasteiger partial charge in [-0.25, -0.2) is 15.0 Å². The van der Waals surface area contributed by atoms with Gasteiger partial charge in [0.15, 0.2) is 5.82 Å². The number of hydrogen-bond acceptors (Lipinski definition) is 7. The minimum Gasteiger partial charge on any atom is -0.461 e. The Hall–Kier alpha value is -4.86. The van der Waals surface area contributed by atoms with Crippen molar-refractivity contribution in [3.8, 4) is 11.4 Å². The molecular formula is C28H25N7O3. The second-order valence-corrected chi connectivity index (χ2v) is 9.42. The van der Waals surface area contributed by atoms with Gasteiger partial charge in [0.25, 0.3) is 11.8 Å². The minimum atomic E-state index is -0.391. The fraction of sp³-hybridized carbons (Fsp3) is 0.214. The number of hydrogen-bond donors (Lipinski definition) is 3. The predicted molar refractivity (Wildman–Crippen MR) is 139 cm³/mol. The van der Waals surface area contributed by atoms with E-state index in [9.17, 15) is 9.59 Å². The van der Waals surface area contributed by atoms with Gasteiger partial charge >= 0.3 is 0 Å². The third-order valence-electron chi connectivity index (χ3n) is 6.67. The highest BCUT2D eigenvalue weighted by molar-refractivity contribution is 5.97. The highest BCUT2D eigenvalue weighted by Crippen LogP contribution is 2.33. The molecule has 0 spiro atoms. The smallest absolute Gasteiger partial charge is 0.270 e. The molecule has 3 heterocycles. The van der Waals surface area contributed by atoms with E-state index in [1.165, 1.54) is 12.4 Å². The quantitative estimate of drug-likeness (QED) is 0.316. The summed E-state index contributed by atoms with van der Waals surface area (Å²) >= 11 is 0. The van der Waals surface area contributed by atoms with Crippen molar-refractivity contribution in [2.45, 2.75) is 39.3 Å². The summed E-state index contributed by atoms with van der Waals surface area (Å²) in [4.78, 5) is 38.3. The lowest BCUT2D eigenvalue weighted by Gasteiger charge is -2.14. The highest BCUT2D eigenvalue weighted by Gasteiger charge is 2.26. The Morgan fingerprint density at radius 1 is 1.03 bits per heavy atom. The number of aromatic amines is 1. The largest absolute Gasteiger partial charge is 0.461 e. The molecule has 10 nitrogen and oxygen atoms in total. The normalized spacial score (nSPS) is 14.4. The van der Waals surface area contributed by atoms with Gasteiger partial charge in [0.1, 0.15) is 34.9 Å². The molecule has 1 aliphatic rings. The van der Waals surface area contributed by atoms with Gasteiger partial charge in [0.2, 0.25) is 0 Å². The molecule has 2 amide bonds. The zero-order chi connectivity index (χ0) is 26.2. The van der Waals surface area contributed by atoms with E-state index in [1.54, 1.807) is 0 Å². The van der Waals surface area contributed by atoms with Crippen LogP contribution < -0.4 is 10.6 Å². The predicted octanol–water partition coefficient (Wildman–Crippen LogP) is 3.97. The van der Waals surface area contributed by atoms with Gasteiger partial charge in [-0.15, -0.1) is 0 Å². The maximum absolute atomic E-state index is 13.0. The van der Waals surface area contributed by atoms with E-state index in [4.69, 9.17) is 4.42 Å². The van der Waals surface area contributed by atoms with Crippen LogP contribution in [0.1, 0.15) is 61.7 Å². The van der Waals surface area contributed by atoms with E-state index in [-0.39, 0.29) is 23.3 Å². The number of amides is 2. The van der Waals surface area contributed by atoms with Gasteiger partial charge < -0.3 is 15.1 Å². The standard InChI is InChI=1S/C28H25N7O3/c1-15-9-19-4-3-17(10-25(19)38-15)13-29-27(36)23-12-24(31-14-30-23)28(37)33-22-8-6-18-11-20(5-7-21(18)22)26-32-16(2)34-35-26/h3-5,7,9-12,14,22H,6,8,13H2,1-2H3,(H,29,36)(H,33,37)(H,32,34,35)/t22-/m1/s1. The molecule has 0 saturated heterocycles. The number of nitrogens with zero attached hydrogens (tertiary/aromatic N) is 4. The molecule has 3 N–H and O–H groups in total. The van der Waals surface area contributed by atoms with Crippen LogP contribution in [0.2, 0.25) is 0 Å². The monoisotopic (exact) mass is 507 g/mol. The molecule has 190 valence electrons. The van der Waals surface area contributed by atoms with Crippen molar-refractivity contribution >= 4 is 22.8 Å². The second-order valence-electron chi connectivity index (χ2n) is 9.42. The van der Waals surface area contributed by atoms with Crippen molar-refractivity contribution < 1.29 is 14.0 Å². The van der Waals surface area contributed by atoms with Crippen LogP contribution >= 0.6 is 0 Å². The summed E-state index contributed by atoms with van der Waals surface area (Å²) in [6.07, 6.45) is 2.84. The number of fused-ring (bicyclic) bond motifs is 2. The van der Waals surface area contributed by atoms with E-state index < -0.39 is 5.91 Å². The lowest BCUT2D eigenvalue weighted by Crippen LogP contribution is -2.29. The van der Waals surface area contributed by atoms with Crippen LogP contribution in [0.25, 0.3) is 22.4 Å². The summed E-state index contributed by atoms with van der Waals surface area (Å²) in [6.45, 7) is 4.06. The van der Waals surface area contributed by atoms with Gasteiger partial charge in [0.05, 0.1) is 6.04 Å². The summed E-state index contributed by atoms with van der Waals surface area (Å²) < 4.78 is 5.66. The van der Waals surface area contributed by atoms with Gasteiger partial charge in [-0.1, -0.05) is 24.3 Å². The summed E-state index contributed by atoms with van der Waals surface area (Å²) in [5.41, 5.74) is 5.08. The number of H-pyrrole nitrogens is 1. The van der Waals surface area contributed by atoms with Crippen LogP contribution in [0.5, 0.6) is 0 Å². The molecule has 5 aromatic rings. The number of furan rings is 1. The van der Waals surface area contributed by atoms with Gasteiger partial charge in [-0.2, -0.15) is 5.10 Å². The topological polar surface area (TPSA) is 139 Å². The van der Waals surface area contributed by atoms with Crippen LogP contribution in [-0.4, -0.2) is 37.0 Å². The average molecular weight is 508 g/mol. The molecule has 1 aliphatic carbocycles. The Bertz CT molecular complexity index is 1690. The van der Waals surface area contributed by atoms with Crippen LogP contribution in [0.15, 0.2) is 59.3 Å². The molecule has 38 heavy (non-hydrogen) atoms. The maximum atomic E-state index is 13.0. The molecule has 1 atom stereocenters. The molecule has 0 bridgehead atoms. The molecule has 0 radical (unpaired) electrons. The van der Waals surface area contributed by atoms with Crippen molar-refractivity contribution in [3.05, 3.63) is 94.5 Å². The number of carbonyl (C=O) groups is 2. The number of nitrogens with one attached hydrogen (secondary N) is 3. The Kier molecular flexibility index (Phi) is 5.91. The van der Waals surface area contributed by atoms with E-state index in [0.29, 0.717) is 12.4 Å². The zero-order valence-electron chi connectivity index (χ0n) is 20.9. The van der Waals surface area contributed by atoms with E-state index >= 15 is 0 Å². The molecule has 0 saturated carbocycles. The first-order valence-corrected chi connectivity index (χ1v) is 12.4. The fourth-order valence-corrected chi connectivity index (χ4v) is 4.81. The molecule has 0 fully saturated rings. The van der Waals surface area contributed by atoms with E-state index in [0.717, 1.165) is 57.6 Å². The SMILES string of the molecule is Cc1nc(-c2ccc3c(c2)CC[C@H]3NC(=O)c2cc(C(=O)NCc3ccc4cc(C)oc4c3)ncn2)n[nH]1. The van der Waals surface area contributed by atoms with E-state index in [1.807, 2.05) is 50.2 Å². The van der Waals surface area contributed by atoms with Gasteiger partial charge in [-0.05, 0) is 61.6 Å². The molecule has 3 aromatic heterocycles. The highest BCUT2D eigenvalue weighted by atomic mass is 16.3. The Balaban J connectivity index is 1.11. The summed E-state index contributed by atoms with van der Waals surface area (Å²) in [5, 5.41) is 14.0. The zero-order valence-corrected chi connectivity index (χ0v) is 20.9. The number of rotatable bonds is 6. The number of aromatic nitrogens is 5. The number of carbonyl (C=O) groups excluding carboxylic acids is 2. The van der Waals surface area contributed by atoms with Crippen LogP contribution in [0, 0.1) is 13.8 Å². The minimum absolute atomic E-state index is 0.123. The number of aryl methyl sites for hydroxylation is 3. The lowest BCUT2D eigenvalue weighted by atomic mass is 10.0. The maximum Gasteiger partial charge on any atom is 0.270 e. The van der Waals surface area contributed by atoms with Crippen molar-refractivity contribution in [2.75, 3.05) is 0 Å². The first kappa shape index (κ1) is 23.5.